The van der Waals surface area contributed by atoms with Crippen molar-refractivity contribution in [1.82, 2.24) is 0 Å². The third-order valence-electron chi connectivity index (χ3n) is 6.96. The lowest BCUT2D eigenvalue weighted by Gasteiger charge is -2.06. The van der Waals surface area contributed by atoms with Crippen molar-refractivity contribution in [2.45, 2.75) is 127 Å². The molecule has 0 aromatic heterocycles. The van der Waals surface area contributed by atoms with Crippen LogP contribution in [-0.2, 0) is 0 Å². The van der Waals surface area contributed by atoms with Gasteiger partial charge in [0.15, 0.2) is 0 Å². The van der Waals surface area contributed by atoms with Crippen LogP contribution in [0.2, 0.25) is 0 Å². The molecule has 0 radical (unpaired) electrons. The number of hydrogen-bond donors (Lipinski definition) is 0. The third-order valence-corrected chi connectivity index (χ3v) is 6.96. The Balaban J connectivity index is -0.000000400. The summed E-state index contributed by atoms with van der Waals surface area (Å²) >= 11 is 0. The molecule has 1 fully saturated rings. The zero-order valence-electron chi connectivity index (χ0n) is 26.8. The van der Waals surface area contributed by atoms with Gasteiger partial charge in [-0.1, -0.05) is 142 Å². The van der Waals surface area contributed by atoms with Crippen LogP contribution < -0.4 is 0 Å². The van der Waals surface area contributed by atoms with Gasteiger partial charge in [-0.15, -0.1) is 13.2 Å². The first-order valence-corrected chi connectivity index (χ1v) is 15.3. The molecule has 2 rings (SSSR count). The fourth-order valence-corrected chi connectivity index (χ4v) is 3.56. The Morgan fingerprint density at radius 1 is 0.703 bits per heavy atom. The molecule has 0 heterocycles. The van der Waals surface area contributed by atoms with Crippen molar-refractivity contribution < 1.29 is 0 Å². The van der Waals surface area contributed by atoms with Gasteiger partial charge in [-0.3, -0.25) is 0 Å². The Labute approximate surface area is 235 Å². The van der Waals surface area contributed by atoms with Gasteiger partial charge in [0.2, 0.25) is 0 Å². The molecule has 4 unspecified atom stereocenters. The van der Waals surface area contributed by atoms with Crippen molar-refractivity contribution in [1.29, 1.82) is 0 Å². The van der Waals surface area contributed by atoms with Crippen LogP contribution in [0, 0.1) is 23.7 Å². The maximum absolute atomic E-state index is 3.81. The lowest BCUT2D eigenvalue weighted by molar-refractivity contribution is 0.457. The second-order valence-electron chi connectivity index (χ2n) is 10.3. The standard InChI is InChI=1S/C10H14.C9H16.3C6H12/c1-3-9(2)10-7-5-4-6-8-10;1-4-9-5-7(2)8(3)6-9;1-4-6(3)5-2;2*1-3-5-6-4-2/h4-9H,3H2,1-2H3;4,7-9H,1,5-6H2,2-3H3;4,6H,1,5H2,2-3H3;2*5-6H,3-4H2,1-2H3/b;;;6-5+;6-5-. The Kier molecular flexibility index (Phi) is 32.6. The molecule has 4 atom stereocenters. The first kappa shape index (κ1) is 39.7. The largest absolute Gasteiger partial charge is 0.103 e. The van der Waals surface area contributed by atoms with Crippen LogP contribution in [0.4, 0.5) is 0 Å². The van der Waals surface area contributed by atoms with Crippen LogP contribution in [0.25, 0.3) is 0 Å². The van der Waals surface area contributed by atoms with Gasteiger partial charge in [0.25, 0.3) is 0 Å². The first-order chi connectivity index (χ1) is 17.7. The lowest BCUT2D eigenvalue weighted by atomic mass is 9.99. The second kappa shape index (κ2) is 30.4. The molecule has 0 amide bonds. The summed E-state index contributed by atoms with van der Waals surface area (Å²) in [5.41, 5.74) is 1.45. The van der Waals surface area contributed by atoms with E-state index in [1.807, 2.05) is 6.08 Å². The maximum Gasteiger partial charge on any atom is -0.0193 e. The average Bonchev–Trinajstić information content (AvgIpc) is 3.28. The Morgan fingerprint density at radius 3 is 1.32 bits per heavy atom. The molecular weight excluding hydrogens is 444 g/mol. The minimum absolute atomic E-state index is 0.699. The highest BCUT2D eigenvalue weighted by atomic mass is 14.3. The molecule has 214 valence electrons. The van der Waals surface area contributed by atoms with E-state index >= 15 is 0 Å². The Bertz CT molecular complexity index is 599. The topological polar surface area (TPSA) is 0 Å². The number of benzene rings is 1. The molecule has 0 nitrogen and oxygen atoms in total. The summed E-state index contributed by atoms with van der Waals surface area (Å²) in [6.45, 7) is 29.5. The quantitative estimate of drug-likeness (QED) is 0.290. The van der Waals surface area contributed by atoms with Gasteiger partial charge in [-0.2, -0.15) is 0 Å². The van der Waals surface area contributed by atoms with Crippen molar-refractivity contribution in [2.24, 2.45) is 23.7 Å². The van der Waals surface area contributed by atoms with E-state index in [0.717, 1.165) is 17.8 Å². The molecular formula is C37H66. The summed E-state index contributed by atoms with van der Waals surface area (Å²) < 4.78 is 0. The summed E-state index contributed by atoms with van der Waals surface area (Å²) in [5.74, 6) is 4.07. The maximum atomic E-state index is 3.81. The van der Waals surface area contributed by atoms with Gasteiger partial charge in [0.1, 0.15) is 0 Å². The molecule has 0 aliphatic heterocycles. The van der Waals surface area contributed by atoms with E-state index in [0.29, 0.717) is 11.8 Å². The molecule has 0 N–H and O–H groups in total. The van der Waals surface area contributed by atoms with Crippen molar-refractivity contribution in [3.05, 3.63) is 85.5 Å². The summed E-state index contributed by atoms with van der Waals surface area (Å²) in [7, 11) is 0. The van der Waals surface area contributed by atoms with Crippen LogP contribution in [0.5, 0.6) is 0 Å². The van der Waals surface area contributed by atoms with Crippen LogP contribution in [-0.4, -0.2) is 0 Å². The van der Waals surface area contributed by atoms with E-state index in [1.165, 1.54) is 56.9 Å². The van der Waals surface area contributed by atoms with Crippen LogP contribution >= 0.6 is 0 Å². The number of hydrogen-bond acceptors (Lipinski definition) is 0. The molecule has 1 aromatic carbocycles. The monoisotopic (exact) mass is 511 g/mol. The van der Waals surface area contributed by atoms with E-state index in [1.54, 1.807) is 0 Å². The molecule has 0 heteroatoms. The minimum Gasteiger partial charge on any atom is -0.103 e. The van der Waals surface area contributed by atoms with E-state index in [4.69, 9.17) is 0 Å². The SMILES string of the molecule is C=CC(C)CC.C=CC1CC(C)C(C)C1.CC/C=C/CC.CC/C=C\CC.CCC(C)c1ccccc1. The van der Waals surface area contributed by atoms with Crippen molar-refractivity contribution in [3.63, 3.8) is 0 Å². The fourth-order valence-electron chi connectivity index (χ4n) is 3.56. The van der Waals surface area contributed by atoms with Gasteiger partial charge in [0.05, 0.1) is 0 Å². The van der Waals surface area contributed by atoms with E-state index in [2.05, 4.69) is 143 Å². The van der Waals surface area contributed by atoms with E-state index < -0.39 is 0 Å². The van der Waals surface area contributed by atoms with Crippen LogP contribution in [0.1, 0.15) is 132 Å². The molecule has 0 saturated heterocycles. The third kappa shape index (κ3) is 27.0. The van der Waals surface area contributed by atoms with Gasteiger partial charge in [-0.05, 0) is 80.1 Å². The van der Waals surface area contributed by atoms with Crippen molar-refractivity contribution in [2.75, 3.05) is 0 Å². The highest BCUT2D eigenvalue weighted by Gasteiger charge is 2.25. The molecule has 1 saturated carbocycles. The zero-order valence-corrected chi connectivity index (χ0v) is 26.8. The summed E-state index contributed by atoms with van der Waals surface area (Å²) in [6.07, 6.45) is 22.7. The number of allylic oxidation sites excluding steroid dienone is 6. The highest BCUT2D eigenvalue weighted by molar-refractivity contribution is 5.18. The molecule has 0 spiro atoms. The smallest absolute Gasteiger partial charge is 0.0193 e. The number of rotatable bonds is 9. The Morgan fingerprint density at radius 2 is 1.11 bits per heavy atom. The van der Waals surface area contributed by atoms with Crippen LogP contribution in [0.15, 0.2) is 79.9 Å². The average molecular weight is 511 g/mol. The van der Waals surface area contributed by atoms with Crippen LogP contribution in [0.3, 0.4) is 0 Å². The normalized spacial score (nSPS) is 19.6. The van der Waals surface area contributed by atoms with Gasteiger partial charge >= 0.3 is 0 Å². The Hall–Kier alpha value is -1.82. The molecule has 1 aliphatic carbocycles. The second-order valence-corrected chi connectivity index (χ2v) is 10.3. The summed E-state index contributed by atoms with van der Waals surface area (Å²) in [4.78, 5) is 0. The first-order valence-electron chi connectivity index (χ1n) is 15.3. The summed E-state index contributed by atoms with van der Waals surface area (Å²) in [5, 5.41) is 0. The van der Waals surface area contributed by atoms with Crippen molar-refractivity contribution in [3.8, 4) is 0 Å². The van der Waals surface area contributed by atoms with Crippen molar-refractivity contribution >= 4 is 0 Å². The zero-order chi connectivity index (χ0) is 28.9. The predicted molar refractivity (Wildman–Crippen MR) is 175 cm³/mol. The molecule has 1 aliphatic rings. The highest BCUT2D eigenvalue weighted by Crippen LogP contribution is 2.35. The van der Waals surface area contributed by atoms with Gasteiger partial charge in [0, 0.05) is 0 Å². The minimum atomic E-state index is 0.699. The van der Waals surface area contributed by atoms with Gasteiger partial charge < -0.3 is 0 Å². The fraction of sp³-hybridized carbons (Fsp3) is 0.622. The lowest BCUT2D eigenvalue weighted by Crippen LogP contribution is -1.95. The molecule has 1 aromatic rings. The molecule has 37 heavy (non-hydrogen) atoms. The summed E-state index contributed by atoms with van der Waals surface area (Å²) in [6, 6.07) is 10.6. The van der Waals surface area contributed by atoms with Gasteiger partial charge in [-0.25, -0.2) is 0 Å². The van der Waals surface area contributed by atoms with E-state index in [9.17, 15) is 0 Å². The van der Waals surface area contributed by atoms with E-state index in [-0.39, 0.29) is 0 Å². The molecule has 0 bridgehead atoms. The predicted octanol–water partition coefficient (Wildman–Crippen LogP) is 13.0.